The lowest BCUT2D eigenvalue weighted by atomic mass is 10.2. The van der Waals surface area contributed by atoms with Gasteiger partial charge in [0.1, 0.15) is 16.8 Å². The molecule has 1 fully saturated rings. The van der Waals surface area contributed by atoms with Crippen LogP contribution >= 0.6 is 23.2 Å². The predicted octanol–water partition coefficient (Wildman–Crippen LogP) is 5.42. The zero-order chi connectivity index (χ0) is 15.9. The minimum atomic E-state index is -4.43. The van der Waals surface area contributed by atoms with Gasteiger partial charge in [0, 0.05) is 12.0 Å². The SMILES string of the molecule is FC(F)(F)c1ccc(Nc2cc(Cl)nc(C3CC3)n2)c(Cl)c1. The predicted molar refractivity (Wildman–Crippen MR) is 78.8 cm³/mol. The summed E-state index contributed by atoms with van der Waals surface area (Å²) in [5.41, 5.74) is -0.478. The van der Waals surface area contributed by atoms with Crippen molar-refractivity contribution in [3.63, 3.8) is 0 Å². The molecule has 0 spiro atoms. The van der Waals surface area contributed by atoms with Crippen LogP contribution < -0.4 is 5.32 Å². The molecule has 0 amide bonds. The van der Waals surface area contributed by atoms with Crippen LogP contribution in [0.1, 0.15) is 30.1 Å². The van der Waals surface area contributed by atoms with Gasteiger partial charge in [0.05, 0.1) is 16.3 Å². The molecule has 116 valence electrons. The molecule has 1 heterocycles. The van der Waals surface area contributed by atoms with Gasteiger partial charge in [-0.1, -0.05) is 23.2 Å². The van der Waals surface area contributed by atoms with Gasteiger partial charge in [-0.3, -0.25) is 0 Å². The molecule has 22 heavy (non-hydrogen) atoms. The minimum Gasteiger partial charge on any atom is -0.339 e. The Bertz CT molecular complexity index is 715. The largest absolute Gasteiger partial charge is 0.416 e. The first-order valence-electron chi connectivity index (χ1n) is 6.51. The molecular formula is C14H10Cl2F3N3. The fraction of sp³-hybridized carbons (Fsp3) is 0.286. The summed E-state index contributed by atoms with van der Waals surface area (Å²) in [6.45, 7) is 0. The molecule has 2 aromatic rings. The van der Waals surface area contributed by atoms with Crippen LogP contribution in [-0.2, 0) is 6.18 Å². The highest BCUT2D eigenvalue weighted by molar-refractivity contribution is 6.33. The highest BCUT2D eigenvalue weighted by atomic mass is 35.5. The standard InChI is InChI=1S/C14H10Cl2F3N3/c15-9-5-8(14(17,18)19)3-4-10(9)20-12-6-11(16)21-13(22-12)7-1-2-7/h3-7H,1-2H2,(H,20,21,22). The molecule has 0 atom stereocenters. The maximum absolute atomic E-state index is 12.6. The molecule has 1 N–H and O–H groups in total. The highest BCUT2D eigenvalue weighted by Crippen LogP contribution is 2.39. The second-order valence-electron chi connectivity index (χ2n) is 5.03. The van der Waals surface area contributed by atoms with Crippen LogP contribution in [0.4, 0.5) is 24.7 Å². The van der Waals surface area contributed by atoms with Gasteiger partial charge < -0.3 is 5.32 Å². The van der Waals surface area contributed by atoms with Crippen LogP contribution in [0, 0.1) is 0 Å². The first-order chi connectivity index (χ1) is 10.3. The molecule has 3 rings (SSSR count). The quantitative estimate of drug-likeness (QED) is 0.753. The van der Waals surface area contributed by atoms with E-state index in [0.717, 1.165) is 25.0 Å². The average Bonchev–Trinajstić information content (AvgIpc) is 3.23. The van der Waals surface area contributed by atoms with E-state index in [9.17, 15) is 13.2 Å². The summed E-state index contributed by atoms with van der Waals surface area (Å²) in [5.74, 6) is 1.35. The van der Waals surface area contributed by atoms with Gasteiger partial charge >= 0.3 is 6.18 Å². The van der Waals surface area contributed by atoms with Crippen molar-refractivity contribution in [2.75, 3.05) is 5.32 Å². The number of aromatic nitrogens is 2. The fourth-order valence-electron chi connectivity index (χ4n) is 1.95. The number of nitrogens with zero attached hydrogens (tertiary/aromatic N) is 2. The van der Waals surface area contributed by atoms with E-state index in [2.05, 4.69) is 15.3 Å². The molecule has 1 aromatic heterocycles. The van der Waals surface area contributed by atoms with Gasteiger partial charge in [-0.05, 0) is 31.0 Å². The number of anilines is 2. The van der Waals surface area contributed by atoms with E-state index >= 15 is 0 Å². The van der Waals surface area contributed by atoms with Crippen molar-refractivity contribution < 1.29 is 13.2 Å². The number of rotatable bonds is 3. The van der Waals surface area contributed by atoms with Crippen molar-refractivity contribution in [2.24, 2.45) is 0 Å². The molecule has 0 unspecified atom stereocenters. The molecule has 3 nitrogen and oxygen atoms in total. The average molecular weight is 348 g/mol. The summed E-state index contributed by atoms with van der Waals surface area (Å²) >= 11 is 11.8. The van der Waals surface area contributed by atoms with Crippen LogP contribution in [0.3, 0.4) is 0 Å². The number of nitrogens with one attached hydrogen (secondary N) is 1. The first-order valence-corrected chi connectivity index (χ1v) is 7.27. The number of hydrogen-bond donors (Lipinski definition) is 1. The van der Waals surface area contributed by atoms with Crippen molar-refractivity contribution in [1.82, 2.24) is 9.97 Å². The Kier molecular flexibility index (Phi) is 3.91. The summed E-state index contributed by atoms with van der Waals surface area (Å²) < 4.78 is 37.8. The minimum absolute atomic E-state index is 0.0440. The lowest BCUT2D eigenvalue weighted by Crippen LogP contribution is -2.05. The number of halogens is 5. The topological polar surface area (TPSA) is 37.8 Å². The van der Waals surface area contributed by atoms with E-state index in [4.69, 9.17) is 23.2 Å². The Morgan fingerprint density at radius 1 is 1.09 bits per heavy atom. The van der Waals surface area contributed by atoms with E-state index in [0.29, 0.717) is 23.2 Å². The van der Waals surface area contributed by atoms with Crippen LogP contribution in [0.15, 0.2) is 24.3 Å². The van der Waals surface area contributed by atoms with E-state index in [1.807, 2.05) is 0 Å². The fourth-order valence-corrected chi connectivity index (χ4v) is 2.37. The molecule has 1 aromatic carbocycles. The van der Waals surface area contributed by atoms with E-state index < -0.39 is 11.7 Å². The van der Waals surface area contributed by atoms with Gasteiger partial charge in [0.15, 0.2) is 0 Å². The van der Waals surface area contributed by atoms with E-state index in [1.165, 1.54) is 12.1 Å². The second kappa shape index (κ2) is 5.59. The lowest BCUT2D eigenvalue weighted by molar-refractivity contribution is -0.137. The maximum Gasteiger partial charge on any atom is 0.416 e. The summed E-state index contributed by atoms with van der Waals surface area (Å²) in [6, 6.07) is 4.59. The molecule has 1 aliphatic carbocycles. The van der Waals surface area contributed by atoms with Gasteiger partial charge in [-0.2, -0.15) is 13.2 Å². The summed E-state index contributed by atoms with van der Waals surface area (Å²) in [5, 5.41) is 3.12. The molecule has 1 saturated carbocycles. The van der Waals surface area contributed by atoms with Gasteiger partial charge in [-0.25, -0.2) is 9.97 Å². The smallest absolute Gasteiger partial charge is 0.339 e. The molecule has 8 heteroatoms. The lowest BCUT2D eigenvalue weighted by Gasteiger charge is -2.12. The third-order valence-corrected chi connectivity index (χ3v) is 3.72. The van der Waals surface area contributed by atoms with Crippen LogP contribution in [-0.4, -0.2) is 9.97 Å². The third-order valence-electron chi connectivity index (χ3n) is 3.21. The Labute approximate surface area is 134 Å². The van der Waals surface area contributed by atoms with Crippen molar-refractivity contribution in [3.8, 4) is 0 Å². The maximum atomic E-state index is 12.6. The van der Waals surface area contributed by atoms with Crippen molar-refractivity contribution in [2.45, 2.75) is 24.9 Å². The Morgan fingerprint density at radius 2 is 1.82 bits per heavy atom. The first kappa shape index (κ1) is 15.4. The van der Waals surface area contributed by atoms with Crippen LogP contribution in [0.2, 0.25) is 10.2 Å². The zero-order valence-corrected chi connectivity index (χ0v) is 12.6. The van der Waals surface area contributed by atoms with Crippen molar-refractivity contribution in [1.29, 1.82) is 0 Å². The number of benzene rings is 1. The van der Waals surface area contributed by atoms with Gasteiger partial charge in [0.25, 0.3) is 0 Å². The molecule has 1 aliphatic rings. The van der Waals surface area contributed by atoms with Gasteiger partial charge in [-0.15, -0.1) is 0 Å². The monoisotopic (exact) mass is 347 g/mol. The Balaban J connectivity index is 1.87. The number of hydrogen-bond acceptors (Lipinski definition) is 3. The molecule has 0 aliphatic heterocycles. The Morgan fingerprint density at radius 3 is 2.41 bits per heavy atom. The summed E-state index contributed by atoms with van der Waals surface area (Å²) in [4.78, 5) is 8.45. The molecular weight excluding hydrogens is 338 g/mol. The van der Waals surface area contributed by atoms with Crippen molar-refractivity contribution in [3.05, 3.63) is 45.8 Å². The van der Waals surface area contributed by atoms with Crippen LogP contribution in [0.25, 0.3) is 0 Å². The van der Waals surface area contributed by atoms with E-state index in [1.54, 1.807) is 0 Å². The molecule has 0 radical (unpaired) electrons. The normalized spacial score (nSPS) is 15.0. The zero-order valence-electron chi connectivity index (χ0n) is 11.1. The van der Waals surface area contributed by atoms with Crippen molar-refractivity contribution >= 4 is 34.7 Å². The van der Waals surface area contributed by atoms with E-state index in [-0.39, 0.29) is 10.2 Å². The number of alkyl halides is 3. The third kappa shape index (κ3) is 3.44. The molecule has 0 bridgehead atoms. The highest BCUT2D eigenvalue weighted by Gasteiger charge is 2.31. The summed E-state index contributed by atoms with van der Waals surface area (Å²) in [7, 11) is 0. The summed E-state index contributed by atoms with van der Waals surface area (Å²) in [6.07, 6.45) is -2.40. The second-order valence-corrected chi connectivity index (χ2v) is 5.82. The Hall–Kier alpha value is -1.53. The van der Waals surface area contributed by atoms with Crippen LogP contribution in [0.5, 0.6) is 0 Å². The molecule has 0 saturated heterocycles. The van der Waals surface area contributed by atoms with Gasteiger partial charge in [0.2, 0.25) is 0 Å².